The van der Waals surface area contributed by atoms with Gasteiger partial charge in [-0.2, -0.15) is 5.26 Å². The number of hydrogen-bond donors (Lipinski definition) is 3. The highest BCUT2D eigenvalue weighted by molar-refractivity contribution is 5.79. The predicted molar refractivity (Wildman–Crippen MR) is 34.0 cm³/mol. The van der Waals surface area contributed by atoms with E-state index >= 15 is 0 Å². The molecule has 0 aromatic carbocycles. The zero-order chi connectivity index (χ0) is 7.28. The first-order valence-corrected chi connectivity index (χ1v) is 2.40. The SMILES string of the molecule is CC(N)N=C(N)NC#N. The molecule has 0 amide bonds. The maximum absolute atomic E-state index is 7.99. The third-order valence-corrected chi connectivity index (χ3v) is 0.527. The van der Waals surface area contributed by atoms with Gasteiger partial charge in [0.05, 0.1) is 6.17 Å². The molecule has 0 aliphatic carbocycles. The third kappa shape index (κ3) is 4.58. The highest BCUT2D eigenvalue weighted by Crippen LogP contribution is 1.73. The maximum Gasteiger partial charge on any atom is 0.203 e. The number of hydrogen-bond acceptors (Lipinski definition) is 3. The summed E-state index contributed by atoms with van der Waals surface area (Å²) < 4.78 is 0. The van der Waals surface area contributed by atoms with Gasteiger partial charge in [-0.25, -0.2) is 4.99 Å². The zero-order valence-electron chi connectivity index (χ0n) is 5.13. The van der Waals surface area contributed by atoms with Crippen molar-refractivity contribution in [2.45, 2.75) is 13.1 Å². The van der Waals surface area contributed by atoms with E-state index in [1.807, 2.05) is 0 Å². The molecule has 0 aliphatic heterocycles. The first kappa shape index (κ1) is 7.72. The molecular weight excluding hydrogens is 118 g/mol. The number of guanidine groups is 1. The summed E-state index contributed by atoms with van der Waals surface area (Å²) in [6.45, 7) is 1.66. The smallest absolute Gasteiger partial charge is 0.203 e. The minimum Gasteiger partial charge on any atom is -0.369 e. The molecule has 1 atom stereocenters. The topological polar surface area (TPSA) is 100 Å². The Morgan fingerprint density at radius 1 is 1.89 bits per heavy atom. The van der Waals surface area contributed by atoms with E-state index in [1.54, 1.807) is 13.1 Å². The molecule has 50 valence electrons. The van der Waals surface area contributed by atoms with Gasteiger partial charge in [0.15, 0.2) is 6.19 Å². The fourth-order valence-electron chi connectivity index (χ4n) is 0.309. The highest BCUT2D eigenvalue weighted by atomic mass is 15.1. The molecule has 9 heavy (non-hydrogen) atoms. The number of nitriles is 1. The predicted octanol–water partition coefficient (Wildman–Crippen LogP) is -1.32. The maximum atomic E-state index is 7.99. The number of aliphatic imine (C=N–C) groups is 1. The van der Waals surface area contributed by atoms with Crippen LogP contribution < -0.4 is 16.8 Å². The fraction of sp³-hybridized carbons (Fsp3) is 0.500. The Morgan fingerprint density at radius 2 is 2.44 bits per heavy atom. The summed E-state index contributed by atoms with van der Waals surface area (Å²) in [6, 6.07) is 0. The van der Waals surface area contributed by atoms with Crippen molar-refractivity contribution in [3.8, 4) is 6.19 Å². The van der Waals surface area contributed by atoms with Crippen LogP contribution in [0.25, 0.3) is 0 Å². The zero-order valence-corrected chi connectivity index (χ0v) is 5.13. The van der Waals surface area contributed by atoms with Crippen LogP contribution in [0.1, 0.15) is 6.92 Å². The molecule has 1 unspecified atom stereocenters. The second-order valence-corrected chi connectivity index (χ2v) is 1.49. The van der Waals surface area contributed by atoms with Crippen molar-refractivity contribution in [2.24, 2.45) is 16.5 Å². The fourth-order valence-corrected chi connectivity index (χ4v) is 0.309. The second kappa shape index (κ2) is 3.69. The van der Waals surface area contributed by atoms with E-state index in [0.29, 0.717) is 0 Å². The number of nitrogens with one attached hydrogen (secondary N) is 1. The van der Waals surface area contributed by atoms with Crippen LogP contribution in [-0.4, -0.2) is 12.1 Å². The summed E-state index contributed by atoms with van der Waals surface area (Å²) in [6.07, 6.45) is 1.24. The molecule has 0 aliphatic rings. The summed E-state index contributed by atoms with van der Waals surface area (Å²) in [4.78, 5) is 3.61. The van der Waals surface area contributed by atoms with Gasteiger partial charge in [-0.1, -0.05) is 0 Å². The van der Waals surface area contributed by atoms with E-state index in [0.717, 1.165) is 0 Å². The summed E-state index contributed by atoms with van der Waals surface area (Å²) in [5.74, 6) is 0.0486. The lowest BCUT2D eigenvalue weighted by molar-refractivity contribution is 0.785. The van der Waals surface area contributed by atoms with Crippen LogP contribution in [0.15, 0.2) is 4.99 Å². The van der Waals surface area contributed by atoms with Gasteiger partial charge < -0.3 is 11.5 Å². The lowest BCUT2D eigenvalue weighted by atomic mass is 10.6. The summed E-state index contributed by atoms with van der Waals surface area (Å²) in [5.41, 5.74) is 10.3. The Bertz CT molecular complexity index is 142. The summed E-state index contributed by atoms with van der Waals surface area (Å²) in [7, 11) is 0. The lowest BCUT2D eigenvalue weighted by Gasteiger charge is -1.97. The van der Waals surface area contributed by atoms with Crippen molar-refractivity contribution in [1.29, 1.82) is 5.26 Å². The van der Waals surface area contributed by atoms with E-state index in [1.165, 1.54) is 0 Å². The van der Waals surface area contributed by atoms with Crippen LogP contribution in [0.2, 0.25) is 0 Å². The van der Waals surface area contributed by atoms with Gasteiger partial charge in [0, 0.05) is 0 Å². The molecule has 0 aromatic heterocycles. The molecule has 0 saturated heterocycles. The molecule has 0 radical (unpaired) electrons. The number of nitrogens with zero attached hydrogens (tertiary/aromatic N) is 2. The minimum absolute atomic E-state index is 0.0486. The van der Waals surface area contributed by atoms with Gasteiger partial charge in [0.1, 0.15) is 0 Å². The van der Waals surface area contributed by atoms with Crippen molar-refractivity contribution in [1.82, 2.24) is 5.32 Å². The Morgan fingerprint density at radius 3 is 2.78 bits per heavy atom. The molecule has 5 N–H and O–H groups in total. The van der Waals surface area contributed by atoms with E-state index < -0.39 is 0 Å². The Balaban J connectivity index is 3.72. The van der Waals surface area contributed by atoms with Gasteiger partial charge in [-0.05, 0) is 6.92 Å². The van der Waals surface area contributed by atoms with Gasteiger partial charge in [0.25, 0.3) is 0 Å². The molecule has 0 heterocycles. The molecule has 0 rings (SSSR count). The monoisotopic (exact) mass is 127 g/mol. The van der Waals surface area contributed by atoms with Gasteiger partial charge in [-0.3, -0.25) is 5.32 Å². The molecule has 0 fully saturated rings. The quantitative estimate of drug-likeness (QED) is 0.176. The van der Waals surface area contributed by atoms with E-state index in [-0.39, 0.29) is 12.1 Å². The van der Waals surface area contributed by atoms with E-state index in [2.05, 4.69) is 10.3 Å². The second-order valence-electron chi connectivity index (χ2n) is 1.49. The van der Waals surface area contributed by atoms with Crippen molar-refractivity contribution in [2.75, 3.05) is 0 Å². The summed E-state index contributed by atoms with van der Waals surface area (Å²) in [5, 5.41) is 10.1. The van der Waals surface area contributed by atoms with E-state index in [4.69, 9.17) is 16.7 Å². The van der Waals surface area contributed by atoms with Crippen molar-refractivity contribution < 1.29 is 0 Å². The number of nitrogens with two attached hydrogens (primary N) is 2. The van der Waals surface area contributed by atoms with Crippen LogP contribution >= 0.6 is 0 Å². The molecule has 0 bridgehead atoms. The van der Waals surface area contributed by atoms with Crippen molar-refractivity contribution in [3.63, 3.8) is 0 Å². The normalized spacial score (nSPS) is 14.1. The molecule has 5 heteroatoms. The molecule has 0 spiro atoms. The lowest BCUT2D eigenvalue weighted by Crippen LogP contribution is -2.30. The van der Waals surface area contributed by atoms with Crippen LogP contribution in [0, 0.1) is 11.5 Å². The molecule has 0 aromatic rings. The van der Waals surface area contributed by atoms with E-state index in [9.17, 15) is 0 Å². The third-order valence-electron chi connectivity index (χ3n) is 0.527. The van der Waals surface area contributed by atoms with Gasteiger partial charge in [-0.15, -0.1) is 0 Å². The van der Waals surface area contributed by atoms with Crippen LogP contribution in [-0.2, 0) is 0 Å². The van der Waals surface area contributed by atoms with Crippen LogP contribution in [0.4, 0.5) is 0 Å². The van der Waals surface area contributed by atoms with Gasteiger partial charge >= 0.3 is 0 Å². The Hall–Kier alpha value is -1.28. The number of rotatable bonds is 1. The van der Waals surface area contributed by atoms with Crippen molar-refractivity contribution >= 4 is 5.96 Å². The molecular formula is C4H9N5. The largest absolute Gasteiger partial charge is 0.369 e. The van der Waals surface area contributed by atoms with Crippen LogP contribution in [0.3, 0.4) is 0 Å². The first-order chi connectivity index (χ1) is 4.16. The van der Waals surface area contributed by atoms with Crippen LogP contribution in [0.5, 0.6) is 0 Å². The standard InChI is InChI=1S/C4H9N5/c1-3(6)9-4(7)8-2-5/h3H,6H2,1H3,(H3,7,8,9). The first-order valence-electron chi connectivity index (χ1n) is 2.40. The Kier molecular flexibility index (Phi) is 3.16. The van der Waals surface area contributed by atoms with Gasteiger partial charge in [0.2, 0.25) is 5.96 Å². The minimum atomic E-state index is -0.370. The summed E-state index contributed by atoms with van der Waals surface area (Å²) >= 11 is 0. The van der Waals surface area contributed by atoms with Crippen molar-refractivity contribution in [3.05, 3.63) is 0 Å². The molecule has 5 nitrogen and oxygen atoms in total. The highest BCUT2D eigenvalue weighted by Gasteiger charge is 1.89. The average Bonchev–Trinajstić information content (AvgIpc) is 1.63. The Labute approximate surface area is 53.4 Å². The molecule has 0 saturated carbocycles. The average molecular weight is 127 g/mol.